The second kappa shape index (κ2) is 4.87. The fourth-order valence-corrected chi connectivity index (χ4v) is 2.98. The van der Waals surface area contributed by atoms with Crippen molar-refractivity contribution in [3.05, 3.63) is 28.8 Å². The number of carbonyl (C=O) groups is 3. The second-order valence-electron chi connectivity index (χ2n) is 5.40. The van der Waals surface area contributed by atoms with Gasteiger partial charge in [0, 0.05) is 13.0 Å². The molecule has 0 spiro atoms. The molecule has 2 heterocycles. The molecule has 2 aliphatic heterocycles. The molecule has 110 valence electrons. The highest BCUT2D eigenvalue weighted by atomic mass is 16.5. The van der Waals surface area contributed by atoms with Crippen LogP contribution in [0.15, 0.2) is 12.1 Å². The molecule has 1 fully saturated rings. The molecule has 21 heavy (non-hydrogen) atoms. The molecule has 1 saturated heterocycles. The molecule has 1 atom stereocenters. The van der Waals surface area contributed by atoms with Crippen molar-refractivity contribution in [2.45, 2.75) is 32.4 Å². The van der Waals surface area contributed by atoms with Crippen molar-refractivity contribution in [1.82, 2.24) is 10.2 Å². The summed E-state index contributed by atoms with van der Waals surface area (Å²) in [6.07, 6.45) is 0.623. The average Bonchev–Trinajstić information content (AvgIpc) is 2.75. The first-order valence-corrected chi connectivity index (χ1v) is 6.83. The summed E-state index contributed by atoms with van der Waals surface area (Å²) in [7, 11) is 1.52. The van der Waals surface area contributed by atoms with Crippen LogP contribution in [0.5, 0.6) is 5.75 Å². The Balaban J connectivity index is 1.94. The first kappa shape index (κ1) is 13.6. The van der Waals surface area contributed by atoms with Gasteiger partial charge in [-0.25, -0.2) is 0 Å². The zero-order valence-electron chi connectivity index (χ0n) is 11.9. The summed E-state index contributed by atoms with van der Waals surface area (Å²) in [6.45, 7) is 2.31. The Kier molecular flexibility index (Phi) is 3.16. The van der Waals surface area contributed by atoms with Gasteiger partial charge < -0.3 is 9.64 Å². The number of hydrogen-bond acceptors (Lipinski definition) is 4. The number of rotatable bonds is 2. The van der Waals surface area contributed by atoms with Gasteiger partial charge in [0.15, 0.2) is 0 Å². The maximum atomic E-state index is 12.6. The van der Waals surface area contributed by atoms with Crippen LogP contribution < -0.4 is 10.1 Å². The van der Waals surface area contributed by atoms with Crippen LogP contribution in [0.2, 0.25) is 0 Å². The number of carbonyl (C=O) groups excluding carboxylic acids is 3. The molecule has 3 amide bonds. The van der Waals surface area contributed by atoms with Gasteiger partial charge in [-0.1, -0.05) is 6.07 Å². The molecule has 1 aromatic carbocycles. The molecular weight excluding hydrogens is 272 g/mol. The molecular formula is C15H16N2O4. The van der Waals surface area contributed by atoms with Crippen LogP contribution in [0.3, 0.4) is 0 Å². The van der Waals surface area contributed by atoms with Gasteiger partial charge in [0.05, 0.1) is 12.7 Å². The van der Waals surface area contributed by atoms with Gasteiger partial charge in [-0.15, -0.1) is 0 Å². The predicted molar refractivity (Wildman–Crippen MR) is 73.8 cm³/mol. The number of imide groups is 1. The van der Waals surface area contributed by atoms with Crippen LogP contribution in [0.1, 0.15) is 34.3 Å². The quantitative estimate of drug-likeness (QED) is 0.815. The van der Waals surface area contributed by atoms with E-state index in [-0.39, 0.29) is 18.2 Å². The number of fused-ring (bicyclic) bond motifs is 1. The molecule has 6 nitrogen and oxygen atoms in total. The van der Waals surface area contributed by atoms with Crippen molar-refractivity contribution in [1.29, 1.82) is 0 Å². The molecule has 2 aliphatic rings. The van der Waals surface area contributed by atoms with Crippen molar-refractivity contribution in [2.75, 3.05) is 7.11 Å². The Hall–Kier alpha value is -2.37. The number of nitrogens with one attached hydrogen (secondary N) is 1. The molecule has 1 N–H and O–H groups in total. The minimum atomic E-state index is -0.590. The first-order chi connectivity index (χ1) is 10.0. The van der Waals surface area contributed by atoms with E-state index in [2.05, 4.69) is 5.32 Å². The van der Waals surface area contributed by atoms with Crippen molar-refractivity contribution in [3.8, 4) is 5.75 Å². The zero-order chi connectivity index (χ0) is 15.1. The standard InChI is InChI=1S/C15H16N2O4/c1-8-5-9-7-17(10-3-4-12(18)16-14(10)19)15(20)13(9)11(6-8)21-2/h5-6,10H,3-4,7H2,1-2H3,(H,16,18,19)/t10-/m0/s1. The van der Waals surface area contributed by atoms with E-state index < -0.39 is 11.9 Å². The second-order valence-corrected chi connectivity index (χ2v) is 5.40. The Labute approximate surface area is 122 Å². The van der Waals surface area contributed by atoms with Crippen LogP contribution in [0, 0.1) is 6.92 Å². The van der Waals surface area contributed by atoms with Crippen molar-refractivity contribution < 1.29 is 19.1 Å². The third-order valence-electron chi connectivity index (χ3n) is 3.95. The normalized spacial score (nSPS) is 21.3. The smallest absolute Gasteiger partial charge is 0.258 e. The summed E-state index contributed by atoms with van der Waals surface area (Å²) in [5.74, 6) is -0.363. The molecule has 0 radical (unpaired) electrons. The van der Waals surface area contributed by atoms with Gasteiger partial charge >= 0.3 is 0 Å². The molecule has 0 bridgehead atoms. The van der Waals surface area contributed by atoms with Crippen molar-refractivity contribution >= 4 is 17.7 Å². The summed E-state index contributed by atoms with van der Waals surface area (Å²) < 4.78 is 5.29. The van der Waals surface area contributed by atoms with E-state index in [1.807, 2.05) is 19.1 Å². The van der Waals surface area contributed by atoms with E-state index in [1.54, 1.807) is 0 Å². The monoisotopic (exact) mass is 288 g/mol. The van der Waals surface area contributed by atoms with Gasteiger partial charge in [-0.2, -0.15) is 0 Å². The van der Waals surface area contributed by atoms with E-state index >= 15 is 0 Å². The Bertz CT molecular complexity index is 653. The summed E-state index contributed by atoms with van der Waals surface area (Å²) in [5, 5.41) is 2.29. The Morgan fingerprint density at radius 2 is 2.05 bits per heavy atom. The van der Waals surface area contributed by atoms with E-state index in [9.17, 15) is 14.4 Å². The SMILES string of the molecule is COc1cc(C)cc2c1C(=O)N([C@H]1CCC(=O)NC1=O)C2. The van der Waals surface area contributed by atoms with Crippen LogP contribution in [0.25, 0.3) is 0 Å². The molecule has 1 aromatic rings. The van der Waals surface area contributed by atoms with Crippen molar-refractivity contribution in [3.63, 3.8) is 0 Å². The highest BCUT2D eigenvalue weighted by Gasteiger charge is 2.40. The highest BCUT2D eigenvalue weighted by Crippen LogP contribution is 2.34. The van der Waals surface area contributed by atoms with Gasteiger partial charge in [0.2, 0.25) is 11.8 Å². The van der Waals surface area contributed by atoms with Crippen LogP contribution in [0.4, 0.5) is 0 Å². The first-order valence-electron chi connectivity index (χ1n) is 6.83. The number of methoxy groups -OCH3 is 1. The van der Waals surface area contributed by atoms with E-state index in [0.717, 1.165) is 11.1 Å². The van der Waals surface area contributed by atoms with E-state index in [1.165, 1.54) is 12.0 Å². The Morgan fingerprint density at radius 1 is 1.29 bits per heavy atom. The number of ether oxygens (including phenoxy) is 1. The zero-order valence-corrected chi connectivity index (χ0v) is 11.9. The predicted octanol–water partition coefficient (Wildman–Crippen LogP) is 0.765. The molecule has 3 rings (SSSR count). The summed E-state index contributed by atoms with van der Waals surface area (Å²) >= 11 is 0. The minimum absolute atomic E-state index is 0.212. The number of aryl methyl sites for hydroxylation is 1. The lowest BCUT2D eigenvalue weighted by Crippen LogP contribution is -2.52. The molecule has 0 aromatic heterocycles. The third-order valence-corrected chi connectivity index (χ3v) is 3.95. The molecule has 0 unspecified atom stereocenters. The van der Waals surface area contributed by atoms with E-state index in [0.29, 0.717) is 24.3 Å². The lowest BCUT2D eigenvalue weighted by Gasteiger charge is -2.29. The maximum absolute atomic E-state index is 12.6. The third kappa shape index (κ3) is 2.16. The molecule has 0 saturated carbocycles. The largest absolute Gasteiger partial charge is 0.496 e. The Morgan fingerprint density at radius 3 is 2.71 bits per heavy atom. The molecule has 6 heteroatoms. The van der Waals surface area contributed by atoms with Crippen LogP contribution >= 0.6 is 0 Å². The van der Waals surface area contributed by atoms with Gasteiger partial charge in [0.25, 0.3) is 5.91 Å². The highest BCUT2D eigenvalue weighted by molar-refractivity contribution is 6.06. The van der Waals surface area contributed by atoms with Crippen LogP contribution in [-0.4, -0.2) is 35.8 Å². The summed E-state index contributed by atoms with van der Waals surface area (Å²) in [4.78, 5) is 37.3. The summed E-state index contributed by atoms with van der Waals surface area (Å²) in [5.41, 5.74) is 2.39. The number of benzene rings is 1. The molecule has 0 aliphatic carbocycles. The fourth-order valence-electron chi connectivity index (χ4n) is 2.98. The fraction of sp³-hybridized carbons (Fsp3) is 0.400. The summed E-state index contributed by atoms with van der Waals surface area (Å²) in [6, 6.07) is 3.15. The number of piperidine rings is 1. The van der Waals surface area contributed by atoms with E-state index in [4.69, 9.17) is 4.74 Å². The number of hydrogen-bond donors (Lipinski definition) is 1. The lowest BCUT2D eigenvalue weighted by atomic mass is 10.0. The number of amides is 3. The maximum Gasteiger partial charge on any atom is 0.258 e. The van der Waals surface area contributed by atoms with Gasteiger partial charge in [-0.3, -0.25) is 19.7 Å². The average molecular weight is 288 g/mol. The lowest BCUT2D eigenvalue weighted by molar-refractivity contribution is -0.136. The van der Waals surface area contributed by atoms with Gasteiger partial charge in [-0.05, 0) is 30.5 Å². The minimum Gasteiger partial charge on any atom is -0.496 e. The van der Waals surface area contributed by atoms with Crippen molar-refractivity contribution in [2.24, 2.45) is 0 Å². The number of nitrogens with zero attached hydrogens (tertiary/aromatic N) is 1. The van der Waals surface area contributed by atoms with Crippen LogP contribution in [-0.2, 0) is 16.1 Å². The topological polar surface area (TPSA) is 75.7 Å². The van der Waals surface area contributed by atoms with Gasteiger partial charge in [0.1, 0.15) is 11.8 Å².